The van der Waals surface area contributed by atoms with E-state index in [-0.39, 0.29) is 12.5 Å². The molecule has 8 heteroatoms. The molecule has 1 N–H and O–H groups in total. The first-order valence-electron chi connectivity index (χ1n) is 8.66. The fraction of sp³-hybridized carbons (Fsp3) is 0.500. The van der Waals surface area contributed by atoms with Gasteiger partial charge in [0.05, 0.1) is 23.8 Å². The molecule has 0 fully saturated rings. The van der Waals surface area contributed by atoms with Crippen molar-refractivity contribution >= 4 is 34.8 Å². The monoisotopic (exact) mass is 398 g/mol. The van der Waals surface area contributed by atoms with Crippen molar-refractivity contribution in [3.8, 4) is 0 Å². The van der Waals surface area contributed by atoms with Crippen molar-refractivity contribution in [2.75, 3.05) is 18.4 Å². The Bertz CT molecular complexity index is 734. The second kappa shape index (κ2) is 9.90. The number of halogens is 2. The summed E-state index contributed by atoms with van der Waals surface area (Å²) in [5, 5.41) is 7.73. The maximum absolute atomic E-state index is 12.4. The Morgan fingerprint density at radius 1 is 1.35 bits per heavy atom. The minimum absolute atomic E-state index is 0.162. The summed E-state index contributed by atoms with van der Waals surface area (Å²) in [4.78, 5) is 18.7. The predicted octanol–water partition coefficient (Wildman–Crippen LogP) is 4.43. The van der Waals surface area contributed by atoms with Crippen molar-refractivity contribution in [3.63, 3.8) is 0 Å². The number of benzene rings is 1. The second-order valence-corrected chi connectivity index (χ2v) is 7.43. The average Bonchev–Trinajstić information content (AvgIpc) is 2.96. The highest BCUT2D eigenvalue weighted by Crippen LogP contribution is 2.25. The molecule has 6 nitrogen and oxygen atoms in total. The van der Waals surface area contributed by atoms with Crippen LogP contribution in [-0.2, 0) is 17.8 Å². The molecule has 0 aliphatic carbocycles. The van der Waals surface area contributed by atoms with Gasteiger partial charge in [0.15, 0.2) is 5.82 Å². The van der Waals surface area contributed by atoms with Crippen molar-refractivity contribution in [2.24, 2.45) is 5.92 Å². The van der Waals surface area contributed by atoms with Gasteiger partial charge in [0, 0.05) is 11.4 Å². The Kier molecular flexibility index (Phi) is 7.87. The molecular formula is C18H24Cl2N4O2. The molecule has 2 aromatic rings. The van der Waals surface area contributed by atoms with Gasteiger partial charge < -0.3 is 9.84 Å². The lowest BCUT2D eigenvalue weighted by Gasteiger charge is -2.19. The first-order chi connectivity index (χ1) is 12.4. The van der Waals surface area contributed by atoms with Crippen LogP contribution in [0.3, 0.4) is 0 Å². The van der Waals surface area contributed by atoms with Gasteiger partial charge in [-0.25, -0.2) is 0 Å². The van der Waals surface area contributed by atoms with Crippen LogP contribution in [0.2, 0.25) is 10.0 Å². The Labute approximate surface area is 163 Å². The van der Waals surface area contributed by atoms with Gasteiger partial charge in [-0.15, -0.1) is 0 Å². The summed E-state index contributed by atoms with van der Waals surface area (Å²) in [5.41, 5.74) is 0.537. The smallest absolute Gasteiger partial charge is 0.240 e. The van der Waals surface area contributed by atoms with Crippen molar-refractivity contribution < 1.29 is 9.32 Å². The predicted molar refractivity (Wildman–Crippen MR) is 103 cm³/mol. The molecule has 0 aliphatic rings. The van der Waals surface area contributed by atoms with Gasteiger partial charge in [-0.2, -0.15) is 4.98 Å². The molecular weight excluding hydrogens is 375 g/mol. The molecule has 1 aromatic heterocycles. The highest BCUT2D eigenvalue weighted by Gasteiger charge is 2.16. The van der Waals surface area contributed by atoms with Crippen molar-refractivity contribution in [1.29, 1.82) is 0 Å². The van der Waals surface area contributed by atoms with Gasteiger partial charge >= 0.3 is 0 Å². The molecule has 26 heavy (non-hydrogen) atoms. The number of carbonyl (C=O) groups excluding carboxylic acids is 1. The normalized spacial score (nSPS) is 11.3. The lowest BCUT2D eigenvalue weighted by atomic mass is 10.1. The Morgan fingerprint density at radius 3 is 2.77 bits per heavy atom. The molecule has 1 aromatic carbocycles. The Morgan fingerprint density at radius 2 is 2.12 bits per heavy atom. The van der Waals surface area contributed by atoms with E-state index in [4.69, 9.17) is 27.7 Å². The number of nitrogens with one attached hydrogen (secondary N) is 1. The zero-order valence-electron chi connectivity index (χ0n) is 15.3. The molecule has 0 saturated heterocycles. The van der Waals surface area contributed by atoms with Crippen LogP contribution < -0.4 is 5.32 Å². The van der Waals surface area contributed by atoms with Crippen LogP contribution in [0.4, 0.5) is 5.69 Å². The Hall–Kier alpha value is -1.63. The highest BCUT2D eigenvalue weighted by molar-refractivity contribution is 6.36. The first kappa shape index (κ1) is 20.7. The summed E-state index contributed by atoms with van der Waals surface area (Å²) >= 11 is 12.0. The van der Waals surface area contributed by atoms with E-state index in [1.807, 2.05) is 4.90 Å². The minimum Gasteiger partial charge on any atom is -0.338 e. The van der Waals surface area contributed by atoms with E-state index in [0.29, 0.717) is 39.9 Å². The third-order valence-corrected chi connectivity index (χ3v) is 4.12. The molecule has 0 radical (unpaired) electrons. The van der Waals surface area contributed by atoms with Crippen LogP contribution in [0.5, 0.6) is 0 Å². The molecule has 0 saturated carbocycles. The number of carbonyl (C=O) groups is 1. The molecule has 0 bridgehead atoms. The zero-order chi connectivity index (χ0) is 19.1. The van der Waals surface area contributed by atoms with Gasteiger partial charge in [0.2, 0.25) is 11.8 Å². The largest absolute Gasteiger partial charge is 0.338 e. The van der Waals surface area contributed by atoms with Gasteiger partial charge in [-0.3, -0.25) is 9.69 Å². The molecule has 0 unspecified atom stereocenters. The van der Waals surface area contributed by atoms with Crippen LogP contribution in [-0.4, -0.2) is 34.0 Å². The number of rotatable bonds is 9. The quantitative estimate of drug-likeness (QED) is 0.676. The van der Waals surface area contributed by atoms with E-state index in [1.165, 1.54) is 0 Å². The topological polar surface area (TPSA) is 71.3 Å². The van der Waals surface area contributed by atoms with Gasteiger partial charge in [0.1, 0.15) is 0 Å². The van der Waals surface area contributed by atoms with E-state index in [0.717, 1.165) is 19.4 Å². The third-order valence-electron chi connectivity index (χ3n) is 3.57. The van der Waals surface area contributed by atoms with E-state index >= 15 is 0 Å². The van der Waals surface area contributed by atoms with E-state index < -0.39 is 0 Å². The lowest BCUT2D eigenvalue weighted by Crippen LogP contribution is -2.33. The highest BCUT2D eigenvalue weighted by atomic mass is 35.5. The zero-order valence-corrected chi connectivity index (χ0v) is 16.8. The second-order valence-electron chi connectivity index (χ2n) is 6.59. The number of anilines is 1. The van der Waals surface area contributed by atoms with Crippen LogP contribution in [0, 0.1) is 5.92 Å². The van der Waals surface area contributed by atoms with Crippen molar-refractivity contribution in [3.05, 3.63) is 40.0 Å². The summed E-state index contributed by atoms with van der Waals surface area (Å²) in [6, 6.07) is 4.96. The van der Waals surface area contributed by atoms with Gasteiger partial charge in [-0.05, 0) is 37.1 Å². The molecule has 0 atom stereocenters. The molecule has 2 rings (SSSR count). The molecule has 0 aliphatic heterocycles. The van der Waals surface area contributed by atoms with Crippen LogP contribution in [0.15, 0.2) is 22.7 Å². The summed E-state index contributed by atoms with van der Waals surface area (Å²) in [5.74, 6) is 1.52. The van der Waals surface area contributed by atoms with Crippen LogP contribution in [0.25, 0.3) is 0 Å². The fourth-order valence-electron chi connectivity index (χ4n) is 2.51. The van der Waals surface area contributed by atoms with Gasteiger partial charge in [0.25, 0.3) is 0 Å². The third kappa shape index (κ3) is 6.59. The number of aromatic nitrogens is 2. The van der Waals surface area contributed by atoms with Crippen molar-refractivity contribution in [2.45, 2.75) is 40.2 Å². The first-order valence-corrected chi connectivity index (χ1v) is 9.41. The molecule has 1 heterocycles. The van der Waals surface area contributed by atoms with E-state index in [2.05, 4.69) is 36.2 Å². The number of amides is 1. The number of hydrogen-bond acceptors (Lipinski definition) is 5. The number of nitrogens with zero attached hydrogens (tertiary/aromatic N) is 3. The molecule has 1 amide bonds. The van der Waals surface area contributed by atoms with Gasteiger partial charge in [-0.1, -0.05) is 49.1 Å². The lowest BCUT2D eigenvalue weighted by molar-refractivity contribution is -0.117. The summed E-state index contributed by atoms with van der Waals surface area (Å²) in [6.07, 6.45) is 1.68. The fourth-order valence-corrected chi connectivity index (χ4v) is 2.96. The average molecular weight is 399 g/mol. The summed E-state index contributed by atoms with van der Waals surface area (Å²) in [6.45, 7) is 7.63. The van der Waals surface area contributed by atoms with Crippen molar-refractivity contribution in [1.82, 2.24) is 15.0 Å². The SMILES string of the molecule is CCCN(CC(=O)Nc1ccc(Cl)cc1Cl)Cc1nc(CC(C)C)no1. The van der Waals surface area contributed by atoms with Crippen LogP contribution >= 0.6 is 23.2 Å². The minimum atomic E-state index is -0.162. The number of hydrogen-bond donors (Lipinski definition) is 1. The molecule has 142 valence electrons. The van der Waals surface area contributed by atoms with E-state index in [9.17, 15) is 4.79 Å². The maximum atomic E-state index is 12.4. The summed E-state index contributed by atoms with van der Waals surface area (Å²) < 4.78 is 5.30. The summed E-state index contributed by atoms with van der Waals surface area (Å²) in [7, 11) is 0. The molecule has 0 spiro atoms. The Balaban J connectivity index is 1.96. The standard InChI is InChI=1S/C18H24Cl2N4O2/c1-4-7-24(11-18-22-16(23-26-18)8-12(2)3)10-17(25)21-15-6-5-13(19)9-14(15)20/h5-6,9,12H,4,7-8,10-11H2,1-3H3,(H,21,25). The van der Waals surface area contributed by atoms with Crippen LogP contribution in [0.1, 0.15) is 38.9 Å². The van der Waals surface area contributed by atoms with E-state index in [1.54, 1.807) is 18.2 Å². The maximum Gasteiger partial charge on any atom is 0.240 e.